The predicted octanol–water partition coefficient (Wildman–Crippen LogP) is 4.10. The van der Waals surface area contributed by atoms with E-state index in [-0.39, 0.29) is 5.56 Å². The minimum Gasteiger partial charge on any atom is -0.493 e. The van der Waals surface area contributed by atoms with Crippen molar-refractivity contribution < 1.29 is 9.47 Å². The van der Waals surface area contributed by atoms with Crippen LogP contribution in [0.1, 0.15) is 22.4 Å². The Bertz CT molecular complexity index is 1280. The molecule has 0 spiro atoms. The largest absolute Gasteiger partial charge is 0.493 e. The van der Waals surface area contributed by atoms with Crippen molar-refractivity contribution >= 4 is 10.9 Å². The molecular formula is C27H29N3O3. The van der Waals surface area contributed by atoms with Gasteiger partial charge in [-0.2, -0.15) is 0 Å². The highest BCUT2D eigenvalue weighted by atomic mass is 16.5. The van der Waals surface area contributed by atoms with Gasteiger partial charge in [0.15, 0.2) is 11.5 Å². The van der Waals surface area contributed by atoms with E-state index in [1.165, 1.54) is 5.56 Å². The van der Waals surface area contributed by atoms with Crippen molar-refractivity contribution in [3.8, 4) is 11.5 Å². The highest BCUT2D eigenvalue weighted by molar-refractivity contribution is 5.84. The van der Waals surface area contributed by atoms with Crippen LogP contribution in [0.4, 0.5) is 0 Å². The number of ether oxygens (including phenoxy) is 2. The quantitative estimate of drug-likeness (QED) is 0.395. The number of rotatable bonds is 9. The van der Waals surface area contributed by atoms with Crippen LogP contribution >= 0.6 is 0 Å². The molecule has 0 aliphatic carbocycles. The Morgan fingerprint density at radius 2 is 1.73 bits per heavy atom. The molecule has 0 unspecified atom stereocenters. The molecule has 0 atom stereocenters. The highest BCUT2D eigenvalue weighted by Crippen LogP contribution is 2.32. The Balaban J connectivity index is 1.67. The van der Waals surface area contributed by atoms with Crippen LogP contribution in [-0.2, 0) is 19.5 Å². The lowest BCUT2D eigenvalue weighted by Gasteiger charge is -2.16. The third-order valence-corrected chi connectivity index (χ3v) is 5.73. The van der Waals surface area contributed by atoms with Gasteiger partial charge in [0, 0.05) is 48.4 Å². The van der Waals surface area contributed by atoms with Gasteiger partial charge in [0.05, 0.1) is 26.3 Å². The fourth-order valence-electron chi connectivity index (χ4n) is 3.91. The average Bonchev–Trinajstić information content (AvgIpc) is 2.85. The molecule has 1 N–H and O–H groups in total. The Hall–Kier alpha value is -3.64. The second-order valence-electron chi connectivity index (χ2n) is 8.06. The van der Waals surface area contributed by atoms with Crippen molar-refractivity contribution in [2.24, 2.45) is 0 Å². The third kappa shape index (κ3) is 5.23. The Kier molecular flexibility index (Phi) is 7.05. The molecule has 0 saturated carbocycles. The van der Waals surface area contributed by atoms with Crippen LogP contribution in [0.2, 0.25) is 0 Å². The molecule has 0 radical (unpaired) electrons. The van der Waals surface area contributed by atoms with Crippen molar-refractivity contribution in [2.45, 2.75) is 26.4 Å². The van der Waals surface area contributed by atoms with Gasteiger partial charge in [0.1, 0.15) is 0 Å². The van der Waals surface area contributed by atoms with Crippen molar-refractivity contribution in [1.29, 1.82) is 0 Å². The van der Waals surface area contributed by atoms with E-state index in [0.717, 1.165) is 35.1 Å². The van der Waals surface area contributed by atoms with Crippen LogP contribution in [0.25, 0.3) is 10.9 Å². The summed E-state index contributed by atoms with van der Waals surface area (Å²) in [7, 11) is 3.22. The van der Waals surface area contributed by atoms with E-state index in [1.807, 2.05) is 41.0 Å². The van der Waals surface area contributed by atoms with Gasteiger partial charge >= 0.3 is 0 Å². The van der Waals surface area contributed by atoms with Gasteiger partial charge in [-0.05, 0) is 36.8 Å². The zero-order valence-electron chi connectivity index (χ0n) is 19.3. The Labute approximate surface area is 193 Å². The minimum absolute atomic E-state index is 0.0133. The molecule has 4 rings (SSSR count). The average molecular weight is 444 g/mol. The van der Waals surface area contributed by atoms with Gasteiger partial charge in [-0.3, -0.25) is 9.78 Å². The summed E-state index contributed by atoms with van der Waals surface area (Å²) < 4.78 is 12.8. The molecule has 6 heteroatoms. The molecule has 2 heterocycles. The summed E-state index contributed by atoms with van der Waals surface area (Å²) in [6, 6.07) is 19.9. The molecule has 0 aliphatic heterocycles. The Morgan fingerprint density at radius 3 is 2.42 bits per heavy atom. The SMILES string of the molecule is COc1cc2cc(CNCCc3ccccn3)c(=O)n(Cc3ccc(C)cc3)c2cc1OC. The van der Waals surface area contributed by atoms with Crippen LogP contribution in [0.3, 0.4) is 0 Å². The number of hydrogen-bond acceptors (Lipinski definition) is 5. The summed E-state index contributed by atoms with van der Waals surface area (Å²) in [5.74, 6) is 1.24. The summed E-state index contributed by atoms with van der Waals surface area (Å²) in [5.41, 5.74) is 4.79. The number of hydrogen-bond donors (Lipinski definition) is 1. The molecule has 0 aliphatic rings. The van der Waals surface area contributed by atoms with Crippen LogP contribution in [0, 0.1) is 6.92 Å². The van der Waals surface area contributed by atoms with Gasteiger partial charge < -0.3 is 19.4 Å². The first-order valence-electron chi connectivity index (χ1n) is 11.0. The number of aromatic nitrogens is 2. The van der Waals surface area contributed by atoms with Gasteiger partial charge in [0.25, 0.3) is 5.56 Å². The molecule has 2 aromatic carbocycles. The molecular weight excluding hydrogens is 414 g/mol. The molecule has 0 fully saturated rings. The summed E-state index contributed by atoms with van der Waals surface area (Å²) in [4.78, 5) is 17.9. The van der Waals surface area contributed by atoms with Gasteiger partial charge in [0.2, 0.25) is 0 Å². The number of pyridine rings is 2. The van der Waals surface area contributed by atoms with E-state index in [1.54, 1.807) is 20.4 Å². The van der Waals surface area contributed by atoms with Crippen molar-refractivity contribution in [3.63, 3.8) is 0 Å². The van der Waals surface area contributed by atoms with Crippen LogP contribution in [0.15, 0.2) is 71.7 Å². The zero-order chi connectivity index (χ0) is 23.2. The first kappa shape index (κ1) is 22.6. The number of methoxy groups -OCH3 is 2. The Morgan fingerprint density at radius 1 is 0.970 bits per heavy atom. The molecule has 0 amide bonds. The maximum absolute atomic E-state index is 13.5. The van der Waals surface area contributed by atoms with E-state index >= 15 is 0 Å². The van der Waals surface area contributed by atoms with Crippen LogP contribution < -0.4 is 20.3 Å². The number of nitrogens with one attached hydrogen (secondary N) is 1. The first-order valence-corrected chi connectivity index (χ1v) is 11.0. The molecule has 2 aromatic heterocycles. The topological polar surface area (TPSA) is 65.4 Å². The minimum atomic E-state index is -0.0133. The summed E-state index contributed by atoms with van der Waals surface area (Å²) in [6.07, 6.45) is 2.60. The summed E-state index contributed by atoms with van der Waals surface area (Å²) >= 11 is 0. The second-order valence-corrected chi connectivity index (χ2v) is 8.06. The fourth-order valence-corrected chi connectivity index (χ4v) is 3.91. The molecule has 4 aromatic rings. The predicted molar refractivity (Wildman–Crippen MR) is 131 cm³/mol. The summed E-state index contributed by atoms with van der Waals surface area (Å²) in [6.45, 7) is 3.74. The van der Waals surface area contributed by atoms with E-state index in [9.17, 15) is 4.79 Å². The van der Waals surface area contributed by atoms with Gasteiger partial charge in [-0.25, -0.2) is 0 Å². The molecule has 0 saturated heterocycles. The third-order valence-electron chi connectivity index (χ3n) is 5.73. The lowest BCUT2D eigenvalue weighted by molar-refractivity contribution is 0.355. The lowest BCUT2D eigenvalue weighted by Crippen LogP contribution is -2.28. The van der Waals surface area contributed by atoms with E-state index in [0.29, 0.717) is 30.2 Å². The first-order chi connectivity index (χ1) is 16.1. The molecule has 6 nitrogen and oxygen atoms in total. The number of nitrogens with zero attached hydrogens (tertiary/aromatic N) is 2. The maximum Gasteiger partial charge on any atom is 0.255 e. The molecule has 0 bridgehead atoms. The van der Waals surface area contributed by atoms with Crippen molar-refractivity contribution in [2.75, 3.05) is 20.8 Å². The maximum atomic E-state index is 13.5. The highest BCUT2D eigenvalue weighted by Gasteiger charge is 2.14. The number of aryl methyl sites for hydroxylation is 1. The smallest absolute Gasteiger partial charge is 0.255 e. The zero-order valence-corrected chi connectivity index (χ0v) is 19.3. The van der Waals surface area contributed by atoms with Crippen LogP contribution in [-0.4, -0.2) is 30.3 Å². The molecule has 33 heavy (non-hydrogen) atoms. The number of fused-ring (bicyclic) bond motifs is 1. The van der Waals surface area contributed by atoms with Gasteiger partial charge in [-0.1, -0.05) is 35.9 Å². The number of benzene rings is 2. The standard InChI is InChI=1S/C27H29N3O3/c1-19-7-9-20(10-8-19)18-30-24-16-26(33-3)25(32-2)15-21(24)14-22(27(30)31)17-28-13-11-23-6-4-5-12-29-23/h4-10,12,14-16,28H,11,13,17-18H2,1-3H3. The van der Waals surface area contributed by atoms with Crippen molar-refractivity contribution in [1.82, 2.24) is 14.9 Å². The van der Waals surface area contributed by atoms with Crippen molar-refractivity contribution in [3.05, 3.63) is 99.6 Å². The van der Waals surface area contributed by atoms with E-state index < -0.39 is 0 Å². The molecule has 170 valence electrons. The fraction of sp³-hybridized carbons (Fsp3) is 0.259. The van der Waals surface area contributed by atoms with E-state index in [2.05, 4.69) is 41.5 Å². The lowest BCUT2D eigenvalue weighted by atomic mass is 10.1. The normalized spacial score (nSPS) is 11.0. The van der Waals surface area contributed by atoms with E-state index in [4.69, 9.17) is 9.47 Å². The van der Waals surface area contributed by atoms with Crippen LogP contribution in [0.5, 0.6) is 11.5 Å². The summed E-state index contributed by atoms with van der Waals surface area (Å²) in [5, 5.41) is 4.33. The second kappa shape index (κ2) is 10.3. The monoisotopic (exact) mass is 443 g/mol. The van der Waals surface area contributed by atoms with Gasteiger partial charge in [-0.15, -0.1) is 0 Å².